The highest BCUT2D eigenvalue weighted by Gasteiger charge is 2.55. The first-order valence-electron chi connectivity index (χ1n) is 6.95. The van der Waals surface area contributed by atoms with Crippen LogP contribution < -0.4 is 0 Å². The molecule has 0 bridgehead atoms. The van der Waals surface area contributed by atoms with Gasteiger partial charge in [0.1, 0.15) is 17.2 Å². The molecule has 1 amide bonds. The van der Waals surface area contributed by atoms with Gasteiger partial charge < -0.3 is 14.2 Å². The average molecular weight is 299 g/mol. The molecule has 7 nitrogen and oxygen atoms in total. The summed E-state index contributed by atoms with van der Waals surface area (Å²) < 4.78 is 15.4. The number of ether oxygens (including phenoxy) is 3. The molecule has 118 valence electrons. The van der Waals surface area contributed by atoms with Crippen LogP contribution in [0, 0.1) is 0 Å². The third-order valence-corrected chi connectivity index (χ3v) is 3.62. The van der Waals surface area contributed by atoms with Gasteiger partial charge in [0.2, 0.25) is 0 Å². The first-order chi connectivity index (χ1) is 9.66. The van der Waals surface area contributed by atoms with Crippen molar-refractivity contribution in [3.05, 3.63) is 0 Å². The summed E-state index contributed by atoms with van der Waals surface area (Å²) >= 11 is 0. The molecule has 0 N–H and O–H groups in total. The van der Waals surface area contributed by atoms with Gasteiger partial charge >= 0.3 is 18.0 Å². The molecule has 2 aliphatic rings. The largest absolute Gasteiger partial charge is 0.467 e. The molecule has 7 heteroatoms. The molecule has 2 saturated heterocycles. The van der Waals surface area contributed by atoms with Crippen molar-refractivity contribution in [1.29, 1.82) is 0 Å². The third-order valence-electron chi connectivity index (χ3n) is 3.62. The molecule has 2 heterocycles. The van der Waals surface area contributed by atoms with Gasteiger partial charge in [0.25, 0.3) is 0 Å². The van der Waals surface area contributed by atoms with E-state index >= 15 is 0 Å². The fraction of sp³-hybridized carbons (Fsp3) is 0.786. The SMILES string of the molecule is COC(=O)[C@@H]1CC2(CCC(=O)O2)CN1C(=O)OC(C)(C)C. The second-order valence-corrected chi connectivity index (χ2v) is 6.51. The quantitative estimate of drug-likeness (QED) is 0.535. The van der Waals surface area contributed by atoms with Crippen molar-refractivity contribution in [3.8, 4) is 0 Å². The Morgan fingerprint density at radius 2 is 2.05 bits per heavy atom. The maximum Gasteiger partial charge on any atom is 0.411 e. The lowest BCUT2D eigenvalue weighted by atomic mass is 9.97. The van der Waals surface area contributed by atoms with E-state index in [0.717, 1.165) is 0 Å². The Balaban J connectivity index is 2.18. The molecule has 0 saturated carbocycles. The average Bonchev–Trinajstić information content (AvgIpc) is 2.91. The summed E-state index contributed by atoms with van der Waals surface area (Å²) in [4.78, 5) is 36.9. The second kappa shape index (κ2) is 5.20. The van der Waals surface area contributed by atoms with Crippen LogP contribution in [-0.4, -0.2) is 53.8 Å². The van der Waals surface area contributed by atoms with Crippen LogP contribution in [0.3, 0.4) is 0 Å². The number of hydrogen-bond donors (Lipinski definition) is 0. The van der Waals surface area contributed by atoms with Crippen LogP contribution in [0.25, 0.3) is 0 Å². The molecule has 2 aliphatic heterocycles. The standard InChI is InChI=1S/C14H21NO6/c1-13(2,3)21-12(18)15-8-14(6-5-10(16)20-14)7-9(15)11(17)19-4/h9H,5-8H2,1-4H3/t9-,14?/m0/s1. The van der Waals surface area contributed by atoms with E-state index in [4.69, 9.17) is 14.2 Å². The number of likely N-dealkylation sites (tertiary alicyclic amines) is 1. The first kappa shape index (κ1) is 15.6. The number of amides is 1. The van der Waals surface area contributed by atoms with E-state index in [1.165, 1.54) is 12.0 Å². The molecule has 0 aliphatic carbocycles. The van der Waals surface area contributed by atoms with Crippen molar-refractivity contribution in [2.24, 2.45) is 0 Å². The molecule has 0 aromatic heterocycles. The highest BCUT2D eigenvalue weighted by Crippen LogP contribution is 2.39. The second-order valence-electron chi connectivity index (χ2n) is 6.51. The van der Waals surface area contributed by atoms with Gasteiger partial charge in [0, 0.05) is 12.8 Å². The summed E-state index contributed by atoms with van der Waals surface area (Å²) in [6.45, 7) is 5.41. The summed E-state index contributed by atoms with van der Waals surface area (Å²) in [6, 6.07) is -0.782. The fourth-order valence-corrected chi connectivity index (χ4v) is 2.74. The summed E-state index contributed by atoms with van der Waals surface area (Å²) in [6.07, 6.45) is 0.456. The number of esters is 2. The lowest BCUT2D eigenvalue weighted by Crippen LogP contribution is -2.44. The van der Waals surface area contributed by atoms with Gasteiger partial charge in [0.15, 0.2) is 0 Å². The lowest BCUT2D eigenvalue weighted by Gasteiger charge is -2.27. The zero-order valence-electron chi connectivity index (χ0n) is 12.8. The maximum atomic E-state index is 12.3. The summed E-state index contributed by atoms with van der Waals surface area (Å²) in [5, 5.41) is 0. The number of carbonyl (C=O) groups is 3. The molecule has 1 unspecified atom stereocenters. The minimum atomic E-state index is -0.785. The number of hydrogen-bond acceptors (Lipinski definition) is 6. The van der Waals surface area contributed by atoms with Crippen molar-refractivity contribution in [1.82, 2.24) is 4.90 Å². The van der Waals surface area contributed by atoms with E-state index in [-0.39, 0.29) is 18.9 Å². The monoisotopic (exact) mass is 299 g/mol. The molecule has 1 spiro atoms. The number of carbonyl (C=O) groups excluding carboxylic acids is 3. The topological polar surface area (TPSA) is 82.1 Å². The lowest BCUT2D eigenvalue weighted by molar-refractivity contribution is -0.149. The Hall–Kier alpha value is -1.79. The molecule has 2 fully saturated rings. The van der Waals surface area contributed by atoms with E-state index in [1.54, 1.807) is 20.8 Å². The van der Waals surface area contributed by atoms with Gasteiger partial charge in [-0.05, 0) is 27.2 Å². The number of rotatable bonds is 1. The van der Waals surface area contributed by atoms with Crippen LogP contribution in [0.5, 0.6) is 0 Å². The maximum absolute atomic E-state index is 12.3. The van der Waals surface area contributed by atoms with Crippen molar-refractivity contribution in [2.75, 3.05) is 13.7 Å². The molecule has 0 radical (unpaired) electrons. The van der Waals surface area contributed by atoms with Gasteiger partial charge in [-0.1, -0.05) is 0 Å². The Labute approximate surface area is 123 Å². The smallest absolute Gasteiger partial charge is 0.411 e. The molecule has 0 aromatic carbocycles. The van der Waals surface area contributed by atoms with Crippen molar-refractivity contribution in [3.63, 3.8) is 0 Å². The third kappa shape index (κ3) is 3.28. The predicted molar refractivity (Wildman–Crippen MR) is 71.4 cm³/mol. The molecule has 2 atom stereocenters. The van der Waals surface area contributed by atoms with Crippen LogP contribution in [0.4, 0.5) is 4.79 Å². The molecular formula is C14H21NO6. The van der Waals surface area contributed by atoms with E-state index in [9.17, 15) is 14.4 Å². The minimum absolute atomic E-state index is 0.160. The van der Waals surface area contributed by atoms with Gasteiger partial charge in [-0.3, -0.25) is 9.69 Å². The van der Waals surface area contributed by atoms with Crippen molar-refractivity contribution < 1.29 is 28.6 Å². The Bertz CT molecular complexity index is 469. The first-order valence-corrected chi connectivity index (χ1v) is 6.95. The van der Waals surface area contributed by atoms with E-state index in [1.807, 2.05) is 0 Å². The summed E-state index contributed by atoms with van der Waals surface area (Å²) in [7, 11) is 1.27. The van der Waals surface area contributed by atoms with E-state index in [2.05, 4.69) is 0 Å². The minimum Gasteiger partial charge on any atom is -0.467 e. The van der Waals surface area contributed by atoms with Gasteiger partial charge in [0.05, 0.1) is 13.7 Å². The van der Waals surface area contributed by atoms with Crippen LogP contribution in [0.15, 0.2) is 0 Å². The predicted octanol–water partition coefficient (Wildman–Crippen LogP) is 1.24. The molecule has 2 rings (SSSR count). The molecule has 0 aromatic rings. The summed E-state index contributed by atoms with van der Waals surface area (Å²) in [5.41, 5.74) is -1.45. The van der Waals surface area contributed by atoms with Crippen molar-refractivity contribution >= 4 is 18.0 Å². The number of methoxy groups -OCH3 is 1. The fourth-order valence-electron chi connectivity index (χ4n) is 2.74. The summed E-state index contributed by atoms with van der Waals surface area (Å²) in [5.74, 6) is -0.828. The number of nitrogens with zero attached hydrogens (tertiary/aromatic N) is 1. The Morgan fingerprint density at radius 1 is 1.38 bits per heavy atom. The van der Waals surface area contributed by atoms with Crippen LogP contribution in [0.1, 0.15) is 40.0 Å². The van der Waals surface area contributed by atoms with Crippen LogP contribution in [-0.2, 0) is 23.8 Å². The van der Waals surface area contributed by atoms with Crippen LogP contribution >= 0.6 is 0 Å². The van der Waals surface area contributed by atoms with Crippen LogP contribution in [0.2, 0.25) is 0 Å². The highest BCUT2D eigenvalue weighted by molar-refractivity contribution is 5.83. The Kier molecular flexibility index (Phi) is 3.86. The van der Waals surface area contributed by atoms with E-state index in [0.29, 0.717) is 12.8 Å². The van der Waals surface area contributed by atoms with Gasteiger partial charge in [-0.2, -0.15) is 0 Å². The molecular weight excluding hydrogens is 278 g/mol. The van der Waals surface area contributed by atoms with Gasteiger partial charge in [-0.15, -0.1) is 0 Å². The van der Waals surface area contributed by atoms with E-state index < -0.39 is 29.3 Å². The Morgan fingerprint density at radius 3 is 2.52 bits per heavy atom. The normalized spacial score (nSPS) is 28.7. The van der Waals surface area contributed by atoms with Gasteiger partial charge in [-0.25, -0.2) is 9.59 Å². The zero-order chi connectivity index (χ0) is 15.8. The van der Waals surface area contributed by atoms with Crippen molar-refractivity contribution in [2.45, 2.75) is 57.3 Å². The zero-order valence-corrected chi connectivity index (χ0v) is 12.8. The highest BCUT2D eigenvalue weighted by atomic mass is 16.6. The molecule has 21 heavy (non-hydrogen) atoms.